The molecule has 0 aliphatic heterocycles. The highest BCUT2D eigenvalue weighted by molar-refractivity contribution is 6.17. The minimum absolute atomic E-state index is 0.0548. The zero-order valence-corrected chi connectivity index (χ0v) is 15.1. The highest BCUT2D eigenvalue weighted by Crippen LogP contribution is 2.34. The van der Waals surface area contributed by atoms with Crippen LogP contribution < -0.4 is 9.47 Å². The lowest BCUT2D eigenvalue weighted by molar-refractivity contribution is 0.103. The van der Waals surface area contributed by atoms with Crippen molar-refractivity contribution in [3.8, 4) is 11.5 Å². The van der Waals surface area contributed by atoms with Gasteiger partial charge >= 0.3 is 0 Å². The van der Waals surface area contributed by atoms with Crippen LogP contribution in [0.4, 0.5) is 0 Å². The van der Waals surface area contributed by atoms with E-state index in [2.05, 4.69) is 0 Å². The Labute approximate surface area is 158 Å². The van der Waals surface area contributed by atoms with Gasteiger partial charge < -0.3 is 9.47 Å². The predicted molar refractivity (Wildman–Crippen MR) is 106 cm³/mol. The van der Waals surface area contributed by atoms with Crippen molar-refractivity contribution < 1.29 is 14.3 Å². The number of ether oxygens (including phenoxy) is 2. The van der Waals surface area contributed by atoms with Crippen molar-refractivity contribution in [2.24, 2.45) is 0 Å². The molecule has 0 atom stereocenters. The number of fused-ring (bicyclic) bond motifs is 1. The quantitative estimate of drug-likeness (QED) is 0.597. The first-order chi connectivity index (χ1) is 13.2. The molecule has 0 spiro atoms. The molecule has 0 amide bonds. The first-order valence-electron chi connectivity index (χ1n) is 8.92. The summed E-state index contributed by atoms with van der Waals surface area (Å²) in [5.74, 6) is 1.51. The minimum Gasteiger partial charge on any atom is -0.497 e. The van der Waals surface area contributed by atoms with E-state index < -0.39 is 0 Å². The number of Topliss-reactive ketones (excluding diaryl/α,β-unsaturated/α-hetero) is 1. The summed E-state index contributed by atoms with van der Waals surface area (Å²) in [5.41, 5.74) is 4.58. The number of hydrogen-bond acceptors (Lipinski definition) is 3. The lowest BCUT2D eigenvalue weighted by Crippen LogP contribution is -2.02. The second-order valence-corrected chi connectivity index (χ2v) is 6.51. The molecule has 0 saturated heterocycles. The van der Waals surface area contributed by atoms with Crippen molar-refractivity contribution in [2.45, 2.75) is 13.0 Å². The van der Waals surface area contributed by atoms with E-state index in [0.29, 0.717) is 24.3 Å². The van der Waals surface area contributed by atoms with Crippen molar-refractivity contribution >= 4 is 11.9 Å². The second-order valence-electron chi connectivity index (χ2n) is 6.51. The largest absolute Gasteiger partial charge is 0.497 e. The maximum atomic E-state index is 13.0. The number of ketones is 1. The molecule has 0 heterocycles. The van der Waals surface area contributed by atoms with Gasteiger partial charge in [-0.3, -0.25) is 4.79 Å². The first kappa shape index (κ1) is 17.1. The van der Waals surface area contributed by atoms with Crippen LogP contribution in [-0.2, 0) is 13.0 Å². The Morgan fingerprint density at radius 2 is 1.70 bits per heavy atom. The maximum absolute atomic E-state index is 13.0. The number of allylic oxidation sites excluding steroid dienone is 1. The summed E-state index contributed by atoms with van der Waals surface area (Å²) in [7, 11) is 1.64. The summed E-state index contributed by atoms with van der Waals surface area (Å²) in [4.78, 5) is 13.0. The third-order valence-corrected chi connectivity index (χ3v) is 4.71. The zero-order chi connectivity index (χ0) is 18.6. The van der Waals surface area contributed by atoms with Crippen LogP contribution >= 0.6 is 0 Å². The lowest BCUT2D eigenvalue weighted by atomic mass is 10.1. The molecule has 0 fully saturated rings. The third kappa shape index (κ3) is 3.63. The first-order valence-corrected chi connectivity index (χ1v) is 8.92. The second kappa shape index (κ2) is 7.50. The zero-order valence-electron chi connectivity index (χ0n) is 15.1. The Hall–Kier alpha value is -3.33. The number of benzene rings is 3. The highest BCUT2D eigenvalue weighted by Gasteiger charge is 2.28. The molecule has 1 aliphatic carbocycles. The number of hydrogen-bond donors (Lipinski definition) is 0. The standard InChI is InChI=1S/C24H20O3/c1-26-21-12-10-18(11-13-21)16-27-22-9-5-8-19-15-20(24(25)23(19)22)14-17-6-3-2-4-7-17/h2-14H,15-16H2,1H3/b20-14-. The van der Waals surface area contributed by atoms with Gasteiger partial charge in [-0.15, -0.1) is 0 Å². The van der Waals surface area contributed by atoms with Gasteiger partial charge in [-0.25, -0.2) is 0 Å². The topological polar surface area (TPSA) is 35.5 Å². The summed E-state index contributed by atoms with van der Waals surface area (Å²) >= 11 is 0. The molecule has 3 nitrogen and oxygen atoms in total. The summed E-state index contributed by atoms with van der Waals surface area (Å²) in [6, 6.07) is 23.5. The molecule has 3 aromatic carbocycles. The van der Waals surface area contributed by atoms with E-state index >= 15 is 0 Å². The van der Waals surface area contributed by atoms with Crippen molar-refractivity contribution in [1.29, 1.82) is 0 Å². The Balaban J connectivity index is 1.55. The Kier molecular flexibility index (Phi) is 4.75. The highest BCUT2D eigenvalue weighted by atomic mass is 16.5. The Morgan fingerprint density at radius 3 is 2.44 bits per heavy atom. The lowest BCUT2D eigenvalue weighted by Gasteiger charge is -2.10. The van der Waals surface area contributed by atoms with Crippen LogP contribution in [0.25, 0.3) is 6.08 Å². The molecular formula is C24H20O3. The maximum Gasteiger partial charge on any atom is 0.193 e. The van der Waals surface area contributed by atoms with Gasteiger partial charge in [-0.1, -0.05) is 54.6 Å². The predicted octanol–water partition coefficient (Wildman–Crippen LogP) is 5.10. The minimum atomic E-state index is 0.0548. The van der Waals surface area contributed by atoms with Crippen LogP contribution in [0.15, 0.2) is 78.4 Å². The normalized spacial score (nSPS) is 14.3. The van der Waals surface area contributed by atoms with E-state index in [1.165, 1.54) is 0 Å². The van der Waals surface area contributed by atoms with Crippen LogP contribution in [0.3, 0.4) is 0 Å². The SMILES string of the molecule is COc1ccc(COc2cccc3c2C(=O)/C(=C\c2ccccc2)C3)cc1. The van der Waals surface area contributed by atoms with Gasteiger partial charge in [0.2, 0.25) is 0 Å². The summed E-state index contributed by atoms with van der Waals surface area (Å²) in [6.45, 7) is 0.408. The van der Waals surface area contributed by atoms with Gasteiger partial charge in [-0.05, 0) is 41.0 Å². The summed E-state index contributed by atoms with van der Waals surface area (Å²) in [6.07, 6.45) is 2.61. The number of carbonyl (C=O) groups excluding carboxylic acids is 1. The van der Waals surface area contributed by atoms with Crippen molar-refractivity contribution in [2.75, 3.05) is 7.11 Å². The van der Waals surface area contributed by atoms with E-state index in [1.807, 2.05) is 78.9 Å². The van der Waals surface area contributed by atoms with Gasteiger partial charge in [0.1, 0.15) is 18.1 Å². The van der Waals surface area contributed by atoms with Gasteiger partial charge in [0, 0.05) is 12.0 Å². The fraction of sp³-hybridized carbons (Fsp3) is 0.125. The van der Waals surface area contributed by atoms with E-state index in [9.17, 15) is 4.79 Å². The Bertz CT molecular complexity index is 986. The molecule has 4 rings (SSSR count). The van der Waals surface area contributed by atoms with E-state index in [1.54, 1.807) is 7.11 Å². The monoisotopic (exact) mass is 356 g/mol. The van der Waals surface area contributed by atoms with Crippen LogP contribution in [-0.4, -0.2) is 12.9 Å². The van der Waals surface area contributed by atoms with Crippen molar-refractivity contribution in [3.63, 3.8) is 0 Å². The molecule has 0 N–H and O–H groups in total. The summed E-state index contributed by atoms with van der Waals surface area (Å²) in [5, 5.41) is 0. The number of rotatable bonds is 5. The van der Waals surface area contributed by atoms with Crippen LogP contribution in [0.1, 0.15) is 27.0 Å². The van der Waals surface area contributed by atoms with Crippen molar-refractivity contribution in [1.82, 2.24) is 0 Å². The molecular weight excluding hydrogens is 336 g/mol. The molecule has 27 heavy (non-hydrogen) atoms. The van der Waals surface area contributed by atoms with Gasteiger partial charge in [-0.2, -0.15) is 0 Å². The molecule has 1 aliphatic rings. The fourth-order valence-corrected chi connectivity index (χ4v) is 3.30. The smallest absolute Gasteiger partial charge is 0.193 e. The fourth-order valence-electron chi connectivity index (χ4n) is 3.30. The van der Waals surface area contributed by atoms with Gasteiger partial charge in [0.25, 0.3) is 0 Å². The number of methoxy groups -OCH3 is 1. The van der Waals surface area contributed by atoms with Crippen LogP contribution in [0, 0.1) is 0 Å². The van der Waals surface area contributed by atoms with E-state index in [-0.39, 0.29) is 5.78 Å². The molecule has 134 valence electrons. The van der Waals surface area contributed by atoms with Crippen LogP contribution in [0.5, 0.6) is 11.5 Å². The van der Waals surface area contributed by atoms with Crippen molar-refractivity contribution in [3.05, 3.63) is 101 Å². The average molecular weight is 356 g/mol. The summed E-state index contributed by atoms with van der Waals surface area (Å²) < 4.78 is 11.2. The van der Waals surface area contributed by atoms with E-state index in [4.69, 9.17) is 9.47 Å². The van der Waals surface area contributed by atoms with Gasteiger partial charge in [0.15, 0.2) is 5.78 Å². The molecule has 0 radical (unpaired) electrons. The van der Waals surface area contributed by atoms with Crippen LogP contribution in [0.2, 0.25) is 0 Å². The molecule has 0 aromatic heterocycles. The molecule has 0 saturated carbocycles. The Morgan fingerprint density at radius 1 is 0.926 bits per heavy atom. The third-order valence-electron chi connectivity index (χ3n) is 4.71. The molecule has 0 bridgehead atoms. The number of carbonyl (C=O) groups is 1. The molecule has 3 heteroatoms. The molecule has 0 unspecified atom stereocenters. The van der Waals surface area contributed by atoms with Gasteiger partial charge in [0.05, 0.1) is 12.7 Å². The average Bonchev–Trinajstić information content (AvgIpc) is 3.03. The van der Waals surface area contributed by atoms with E-state index in [0.717, 1.165) is 28.0 Å². The molecule has 3 aromatic rings.